The molecule has 0 aromatic carbocycles. The normalized spacial score (nSPS) is 4.50. The van der Waals surface area contributed by atoms with E-state index in [0.717, 1.165) is 0 Å². The minimum absolute atomic E-state index is 0. The van der Waals surface area contributed by atoms with Crippen LogP contribution >= 0.6 is 57.6 Å². The molecule has 0 saturated heterocycles. The summed E-state index contributed by atoms with van der Waals surface area (Å²) in [5.41, 5.74) is 0. The predicted octanol–water partition coefficient (Wildman–Crippen LogP) is 0.822. The molecular formula is H4CaI3PbTi. The first-order valence-electron chi connectivity index (χ1n) is 0.567. The first kappa shape index (κ1) is 17.2. The van der Waals surface area contributed by atoms with Crippen LogP contribution in [0.5, 0.6) is 0 Å². The van der Waals surface area contributed by atoms with Gasteiger partial charge in [0.1, 0.15) is 0 Å². The van der Waals surface area contributed by atoms with Gasteiger partial charge in [-0.25, -0.2) is 0 Å². The summed E-state index contributed by atoms with van der Waals surface area (Å²) in [4.78, 5) is 0. The molecule has 0 aliphatic rings. The van der Waals surface area contributed by atoms with Gasteiger partial charge in [-0.15, -0.1) is 0 Å². The predicted molar refractivity (Wildman–Crippen MR) is 59.1 cm³/mol. The molecule has 0 nitrogen and oxygen atoms in total. The van der Waals surface area contributed by atoms with Crippen molar-refractivity contribution in [2.45, 2.75) is 0 Å². The van der Waals surface area contributed by atoms with Crippen molar-refractivity contribution in [3.63, 3.8) is 0 Å². The summed E-state index contributed by atoms with van der Waals surface area (Å²) in [6.45, 7) is -0.423. The molecule has 6 heavy (non-hydrogen) atoms. The minimum atomic E-state index is -0.423. The summed E-state index contributed by atoms with van der Waals surface area (Å²) in [5, 5.41) is 0. The molecule has 0 amide bonds. The molecule has 0 saturated carbocycles. The SMILES string of the molecule is [CaH2].[I][Ti]([I])[I].[PbH2]. The summed E-state index contributed by atoms with van der Waals surface area (Å²) in [7, 11) is 0. The number of hydrogen-bond donors (Lipinski definition) is 0. The van der Waals surface area contributed by atoms with Crippen LogP contribution in [0.3, 0.4) is 0 Å². The van der Waals surface area contributed by atoms with E-state index in [4.69, 9.17) is 0 Å². The molecule has 6 heteroatoms. The Morgan fingerprint density at radius 3 is 1.00 bits per heavy atom. The van der Waals surface area contributed by atoms with E-state index < -0.39 is 6.63 Å². The standard InChI is InChI=1S/Ca.3HI.Pb.Ti.4H/h;3*1H;;;;;;/q;;;;;+3;;;;/p-3. The monoisotopic (exact) mass is 681 g/mol. The van der Waals surface area contributed by atoms with Crippen molar-refractivity contribution in [2.24, 2.45) is 0 Å². The van der Waals surface area contributed by atoms with Crippen LogP contribution in [0.2, 0.25) is 0 Å². The Bertz CT molecular complexity index is 15.5. The molecule has 0 aliphatic carbocycles. The third kappa shape index (κ3) is 23.0. The Balaban J connectivity index is -0.0000000450. The van der Waals surface area contributed by atoms with E-state index in [0.29, 0.717) is 0 Å². The van der Waals surface area contributed by atoms with Crippen LogP contribution in [-0.2, 0) is 6.63 Å². The zero-order valence-electron chi connectivity index (χ0n) is 2.34. The van der Waals surface area contributed by atoms with Crippen molar-refractivity contribution >= 4 is 123 Å². The Morgan fingerprint density at radius 2 is 1.00 bits per heavy atom. The third-order valence-electron chi connectivity index (χ3n) is 0. The van der Waals surface area contributed by atoms with Crippen molar-refractivity contribution in [2.75, 3.05) is 0 Å². The Labute approximate surface area is 125 Å². The maximum atomic E-state index is 2.48. The second-order valence-electron chi connectivity index (χ2n) is 0.214. The molecule has 0 bridgehead atoms. The van der Waals surface area contributed by atoms with E-state index >= 15 is 0 Å². The summed E-state index contributed by atoms with van der Waals surface area (Å²) in [5.74, 6) is 0. The van der Waals surface area contributed by atoms with E-state index in [1.807, 2.05) is 0 Å². The fraction of sp³-hybridized carbons (Fsp3) is 0. The number of hydrogen-bond acceptors (Lipinski definition) is 0. The summed E-state index contributed by atoms with van der Waals surface area (Å²) in [6, 6.07) is 0. The zero-order chi connectivity index (χ0) is 3.58. The van der Waals surface area contributed by atoms with Gasteiger partial charge in [0, 0.05) is 0 Å². The van der Waals surface area contributed by atoms with Crippen LogP contribution in [0.15, 0.2) is 0 Å². The Morgan fingerprint density at radius 1 is 1.00 bits per heavy atom. The summed E-state index contributed by atoms with van der Waals surface area (Å²) >= 11 is 7.45. The fourth-order valence-electron chi connectivity index (χ4n) is 0. The van der Waals surface area contributed by atoms with Gasteiger partial charge in [-0.05, 0) is 0 Å². The molecule has 0 aromatic rings. The third-order valence-corrected chi connectivity index (χ3v) is 0. The van der Waals surface area contributed by atoms with Crippen molar-refractivity contribution in [3.05, 3.63) is 0 Å². The molecule has 0 unspecified atom stereocenters. The van der Waals surface area contributed by atoms with Crippen molar-refractivity contribution in [3.8, 4) is 0 Å². The summed E-state index contributed by atoms with van der Waals surface area (Å²) < 4.78 is 0. The van der Waals surface area contributed by atoms with E-state index in [2.05, 4.69) is 57.6 Å². The van der Waals surface area contributed by atoms with Crippen molar-refractivity contribution in [1.82, 2.24) is 0 Å². The van der Waals surface area contributed by atoms with Gasteiger partial charge in [0.2, 0.25) is 0 Å². The van der Waals surface area contributed by atoms with Crippen molar-refractivity contribution in [1.29, 1.82) is 0 Å². The molecule has 0 aromatic heterocycles. The molecule has 0 fully saturated rings. The van der Waals surface area contributed by atoms with Gasteiger partial charge in [-0.2, -0.15) is 0 Å². The van der Waals surface area contributed by atoms with Gasteiger partial charge >= 0.3 is 129 Å². The molecule has 0 N–H and O–H groups in total. The topological polar surface area (TPSA) is 0 Å². The van der Waals surface area contributed by atoms with Gasteiger partial charge in [-0.1, -0.05) is 0 Å². The Hall–Kier alpha value is 5.09. The molecule has 0 spiro atoms. The first-order chi connectivity index (χ1) is 1.73. The quantitative estimate of drug-likeness (QED) is 0.263. The molecule has 0 atom stereocenters. The van der Waals surface area contributed by atoms with Crippen LogP contribution in [0.1, 0.15) is 0 Å². The molecular weight excluding hydrogens is 676 g/mol. The van der Waals surface area contributed by atoms with Crippen LogP contribution in [-0.4, -0.2) is 65.0 Å². The summed E-state index contributed by atoms with van der Waals surface area (Å²) in [6.07, 6.45) is 0. The number of rotatable bonds is 0. The molecule has 0 rings (SSSR count). The van der Waals surface area contributed by atoms with E-state index in [9.17, 15) is 0 Å². The fourth-order valence-corrected chi connectivity index (χ4v) is 0. The average molecular weight is 680 g/mol. The molecule has 2 radical (unpaired) electrons. The van der Waals surface area contributed by atoms with Gasteiger partial charge in [-0.3, -0.25) is 0 Å². The first-order valence-corrected chi connectivity index (χ1v) is 15.7. The second-order valence-corrected chi connectivity index (χ2v) is 39.8. The Kier molecular flexibility index (Phi) is 36.6. The van der Waals surface area contributed by atoms with Gasteiger partial charge in [0.25, 0.3) is 0 Å². The second kappa shape index (κ2) is 12.7. The number of halogens is 3. The van der Waals surface area contributed by atoms with Crippen LogP contribution < -0.4 is 0 Å². The van der Waals surface area contributed by atoms with E-state index in [1.165, 1.54) is 0 Å². The molecule has 35 valence electrons. The van der Waals surface area contributed by atoms with Crippen LogP contribution in [0.4, 0.5) is 0 Å². The zero-order valence-corrected chi connectivity index (χ0v) is 15.9. The van der Waals surface area contributed by atoms with Gasteiger partial charge < -0.3 is 0 Å². The average Bonchev–Trinajstić information content (AvgIpc) is 0.811. The van der Waals surface area contributed by atoms with Crippen LogP contribution in [0, 0.1) is 0 Å². The van der Waals surface area contributed by atoms with Gasteiger partial charge in [0.15, 0.2) is 0 Å². The van der Waals surface area contributed by atoms with Crippen molar-refractivity contribution < 1.29 is 6.63 Å². The van der Waals surface area contributed by atoms with E-state index in [-0.39, 0.29) is 65.0 Å². The maximum absolute atomic E-state index is 2.48. The molecule has 0 heterocycles. The van der Waals surface area contributed by atoms with Gasteiger partial charge in [0.05, 0.1) is 0 Å². The molecule has 0 aliphatic heterocycles. The van der Waals surface area contributed by atoms with E-state index in [1.54, 1.807) is 0 Å². The van der Waals surface area contributed by atoms with Crippen LogP contribution in [0.25, 0.3) is 0 Å².